The van der Waals surface area contributed by atoms with Gasteiger partial charge in [-0.15, -0.1) is 0 Å². The number of nitrogens with zero attached hydrogens (tertiary/aromatic N) is 7. The quantitative estimate of drug-likeness (QED) is 0.0643. The van der Waals surface area contributed by atoms with E-state index in [-0.39, 0.29) is 40.8 Å². The van der Waals surface area contributed by atoms with E-state index in [1.165, 1.54) is 17.7 Å². The second-order valence-electron chi connectivity index (χ2n) is 24.7. The molecule has 1 saturated carbocycles. The molecule has 0 unspecified atom stereocenters. The van der Waals surface area contributed by atoms with Crippen molar-refractivity contribution in [3.8, 4) is 23.3 Å². The number of H-pyrrole nitrogens is 1. The fraction of sp³-hybridized carbons (Fsp3) is 0.500. The maximum atomic E-state index is 14.8. The highest BCUT2D eigenvalue weighted by atomic mass is 32.2. The summed E-state index contributed by atoms with van der Waals surface area (Å²) >= 11 is 0. The van der Waals surface area contributed by atoms with Crippen molar-refractivity contribution >= 4 is 55.4 Å². The van der Waals surface area contributed by atoms with E-state index in [4.69, 9.17) is 33.4 Å². The van der Waals surface area contributed by atoms with E-state index in [0.717, 1.165) is 105 Å². The van der Waals surface area contributed by atoms with Gasteiger partial charge in [-0.2, -0.15) is 4.98 Å². The van der Waals surface area contributed by atoms with Gasteiger partial charge in [0, 0.05) is 112 Å². The lowest BCUT2D eigenvalue weighted by molar-refractivity contribution is -0.384. The first-order chi connectivity index (χ1) is 40.6. The van der Waals surface area contributed by atoms with Crippen LogP contribution < -0.4 is 38.8 Å². The maximum Gasteiger partial charge on any atom is 0.293 e. The van der Waals surface area contributed by atoms with E-state index in [2.05, 4.69) is 77.7 Å². The number of aromatic amines is 1. The molecule has 84 heavy (non-hydrogen) atoms. The van der Waals surface area contributed by atoms with Crippen molar-refractivity contribution in [2.45, 2.75) is 120 Å². The third kappa shape index (κ3) is 11.2. The second-order valence-corrected chi connectivity index (χ2v) is 26.4. The first kappa shape index (κ1) is 55.9. The van der Waals surface area contributed by atoms with Gasteiger partial charge in [0.25, 0.3) is 27.5 Å². The number of benzene rings is 3. The third-order valence-corrected chi connectivity index (χ3v) is 19.5. The number of carbonyl (C=O) groups excluding carboxylic acids is 1. The smallest absolute Gasteiger partial charge is 0.293 e. The lowest BCUT2D eigenvalue weighted by Crippen LogP contribution is -2.59. The van der Waals surface area contributed by atoms with Gasteiger partial charge in [-0.25, -0.2) is 18.1 Å². The first-order valence-corrected chi connectivity index (χ1v) is 31.2. The summed E-state index contributed by atoms with van der Waals surface area (Å²) in [6.07, 6.45) is 9.52. The van der Waals surface area contributed by atoms with E-state index in [0.29, 0.717) is 87.4 Å². The molecule has 13 rings (SSSR count). The van der Waals surface area contributed by atoms with Crippen LogP contribution in [0.15, 0.2) is 96.2 Å². The Labute approximate surface area is 489 Å². The zero-order valence-electron chi connectivity index (χ0n) is 48.1. The van der Waals surface area contributed by atoms with E-state index in [9.17, 15) is 23.3 Å². The first-order valence-electron chi connectivity index (χ1n) is 29.7. The highest BCUT2D eigenvalue weighted by Crippen LogP contribution is 2.54. The van der Waals surface area contributed by atoms with Gasteiger partial charge in [0.05, 0.1) is 45.9 Å². The number of sulfonamides is 1. The molecule has 6 aromatic rings. The SMILES string of the molecule is CC(C)Oc1ccccc1[C@H]1CN(Cc2ccnc3c2OCC(C)(C)O3)CCN1C1CC2(CCN(c3ccc(C(=O)NS(=O)(=O)c4ccc(NCC5CCOCC5)c([N+](=O)[O-])c4)c(N4c5cc6cc[nH]c6nc5O[C@H]5COCC[C@@H]54)c3)CC2)C1. The summed E-state index contributed by atoms with van der Waals surface area (Å²) in [5.41, 5.74) is 4.54. The largest absolute Gasteiger partial charge is 0.491 e. The number of rotatable bonds is 15. The van der Waals surface area contributed by atoms with Crippen LogP contribution >= 0.6 is 0 Å². The Morgan fingerprint density at radius 3 is 2.55 bits per heavy atom. The van der Waals surface area contributed by atoms with Crippen LogP contribution in [0.4, 0.5) is 28.4 Å². The number of carbonyl (C=O) groups is 1. The van der Waals surface area contributed by atoms with Crippen molar-refractivity contribution in [3.63, 3.8) is 0 Å². The average Bonchev–Trinajstić information content (AvgIpc) is 1.18. The molecular weight excluding hydrogens is 1090 g/mol. The molecule has 1 amide bonds. The number of piperazine rings is 1. The fourth-order valence-corrected chi connectivity index (χ4v) is 14.7. The minimum atomic E-state index is -4.63. The Kier molecular flexibility index (Phi) is 15.1. The van der Waals surface area contributed by atoms with Crippen LogP contribution in [0.2, 0.25) is 0 Å². The third-order valence-electron chi connectivity index (χ3n) is 18.1. The molecule has 5 fully saturated rings. The average molecular weight is 1170 g/mol. The van der Waals surface area contributed by atoms with Crippen LogP contribution in [-0.2, 0) is 26.0 Å². The number of pyridine rings is 2. The van der Waals surface area contributed by atoms with E-state index < -0.39 is 43.1 Å². The minimum absolute atomic E-state index is 0.0232. The predicted molar refractivity (Wildman–Crippen MR) is 316 cm³/mol. The Balaban J connectivity index is 0.757. The number of piperidine rings is 1. The summed E-state index contributed by atoms with van der Waals surface area (Å²) in [6, 6.07) is 23.9. The van der Waals surface area contributed by atoms with Gasteiger partial charge in [-0.1, -0.05) is 18.2 Å². The molecule has 0 bridgehead atoms. The summed E-state index contributed by atoms with van der Waals surface area (Å²) in [7, 11) is -4.63. The summed E-state index contributed by atoms with van der Waals surface area (Å²) in [5.74, 6) is 1.93. The molecule has 1 spiro atoms. The van der Waals surface area contributed by atoms with Crippen LogP contribution in [0.5, 0.6) is 23.3 Å². The summed E-state index contributed by atoms with van der Waals surface area (Å²) in [6.45, 7) is 16.0. The minimum Gasteiger partial charge on any atom is -0.491 e. The number of nitrogens with one attached hydrogen (secondary N) is 3. The number of ether oxygens (including phenoxy) is 6. The molecule has 9 heterocycles. The van der Waals surface area contributed by atoms with Crippen molar-refractivity contribution in [3.05, 3.63) is 118 Å². The lowest BCUT2D eigenvalue weighted by atomic mass is 9.59. The van der Waals surface area contributed by atoms with E-state index in [1.807, 2.05) is 56.6 Å². The number of anilines is 4. The molecule has 7 aliphatic rings. The Hall–Kier alpha value is -7.24. The van der Waals surface area contributed by atoms with E-state index in [1.54, 1.807) is 6.07 Å². The number of hydrogen-bond donors (Lipinski definition) is 3. The molecule has 0 radical (unpaired) electrons. The standard InChI is InChI=1S/C62H74N10O11S/c1-39(2)81-54-8-6-5-7-46(54)53-36-68(35-42-14-21-64-60-56(42)80-38-61(3,4)83-60)24-25-70(53)44-32-62(33-44)18-22-69(23-19-62)43-9-11-47(50(30-43)71-49-17-28-79-37-55(49)82-59-52(71)29-41-13-20-63-57(41)66-59)58(73)67-84(76,77)45-10-12-48(51(31-45)72(74)75)65-34-40-15-26-78-27-16-40/h5-14,20-21,29-31,39-40,44,49,53,55,65H,15-19,22-28,32-38H2,1-4H3,(H,63,66)(H,67,73)/t49-,53+,55-/m0/s1. The summed E-state index contributed by atoms with van der Waals surface area (Å²) < 4.78 is 67.9. The van der Waals surface area contributed by atoms with Crippen molar-refractivity contribution in [2.75, 3.05) is 87.4 Å². The van der Waals surface area contributed by atoms with Gasteiger partial charge in [0.2, 0.25) is 5.88 Å². The summed E-state index contributed by atoms with van der Waals surface area (Å²) in [5, 5.41) is 16.4. The van der Waals surface area contributed by atoms with Gasteiger partial charge in [-0.3, -0.25) is 24.7 Å². The Morgan fingerprint density at radius 2 is 1.74 bits per heavy atom. The fourth-order valence-electron chi connectivity index (χ4n) is 13.7. The topological polar surface area (TPSA) is 228 Å². The van der Waals surface area contributed by atoms with Crippen LogP contribution in [0.3, 0.4) is 0 Å². The Morgan fingerprint density at radius 1 is 0.929 bits per heavy atom. The van der Waals surface area contributed by atoms with Crippen molar-refractivity contribution in [1.82, 2.24) is 29.5 Å². The zero-order valence-corrected chi connectivity index (χ0v) is 48.9. The van der Waals surface area contributed by atoms with Crippen molar-refractivity contribution in [2.24, 2.45) is 11.3 Å². The zero-order chi connectivity index (χ0) is 57.9. The maximum absolute atomic E-state index is 14.8. The molecule has 6 aliphatic heterocycles. The number of amides is 1. The molecule has 21 nitrogen and oxygen atoms in total. The molecular formula is C62H74N10O11S. The van der Waals surface area contributed by atoms with Gasteiger partial charge >= 0.3 is 0 Å². The second kappa shape index (κ2) is 22.6. The number of aromatic nitrogens is 3. The molecule has 444 valence electrons. The molecule has 3 aromatic heterocycles. The van der Waals surface area contributed by atoms with Crippen molar-refractivity contribution < 1.29 is 46.6 Å². The predicted octanol–water partition coefficient (Wildman–Crippen LogP) is 9.16. The molecule has 22 heteroatoms. The molecule has 1 aliphatic carbocycles. The van der Waals surface area contributed by atoms with Crippen molar-refractivity contribution in [1.29, 1.82) is 0 Å². The van der Waals surface area contributed by atoms with Gasteiger partial charge in [0.15, 0.2) is 5.75 Å². The molecule has 3 atom stereocenters. The highest BCUT2D eigenvalue weighted by molar-refractivity contribution is 7.90. The number of para-hydroxylation sites is 1. The van der Waals surface area contributed by atoms with Crippen LogP contribution in [0, 0.1) is 21.4 Å². The molecule has 4 saturated heterocycles. The number of nitro groups is 1. The van der Waals surface area contributed by atoms with E-state index >= 15 is 0 Å². The van der Waals surface area contributed by atoms with Crippen LogP contribution in [0.25, 0.3) is 11.0 Å². The normalized spacial score (nSPS) is 22.7. The van der Waals surface area contributed by atoms with Gasteiger partial charge < -0.3 is 48.5 Å². The number of nitro benzene ring substituents is 1. The summed E-state index contributed by atoms with van der Waals surface area (Å²) in [4.78, 5) is 48.5. The van der Waals surface area contributed by atoms with Crippen LogP contribution in [0.1, 0.15) is 100 Å². The molecule has 3 aromatic carbocycles. The number of hydrogen-bond acceptors (Lipinski definition) is 18. The highest BCUT2D eigenvalue weighted by Gasteiger charge is 2.51. The van der Waals surface area contributed by atoms with Gasteiger partial charge in [-0.05, 0) is 139 Å². The number of fused-ring (bicyclic) bond motifs is 4. The van der Waals surface area contributed by atoms with Gasteiger partial charge in [0.1, 0.15) is 41.1 Å². The lowest BCUT2D eigenvalue weighted by Gasteiger charge is -2.58. The Bertz CT molecular complexity index is 3560. The monoisotopic (exact) mass is 1170 g/mol. The van der Waals surface area contributed by atoms with Crippen LogP contribution in [-0.4, -0.2) is 146 Å². The molecule has 3 N–H and O–H groups in total.